The van der Waals surface area contributed by atoms with Crippen molar-refractivity contribution in [3.63, 3.8) is 0 Å². The molecule has 5 nitrogen and oxygen atoms in total. The lowest BCUT2D eigenvalue weighted by Crippen LogP contribution is -2.31. The molecule has 2 aromatic carbocycles. The van der Waals surface area contributed by atoms with Crippen LogP contribution >= 0.6 is 0 Å². The SMILES string of the molecule is CCCN(Cc1ccc(C)cc1)C(=O)c1ccc2c(=O)n3c(nc2c1)CCCCC3. The predicted octanol–water partition coefficient (Wildman–Crippen LogP) is 4.48. The van der Waals surface area contributed by atoms with Gasteiger partial charge in [-0.25, -0.2) is 4.98 Å². The fourth-order valence-corrected chi connectivity index (χ4v) is 4.17. The third-order valence-corrected chi connectivity index (χ3v) is 5.84. The molecular weight excluding hydrogens is 374 g/mol. The zero-order valence-electron chi connectivity index (χ0n) is 17.9. The largest absolute Gasteiger partial charge is 0.334 e. The van der Waals surface area contributed by atoms with Gasteiger partial charge in [0.1, 0.15) is 5.82 Å². The van der Waals surface area contributed by atoms with E-state index >= 15 is 0 Å². The maximum atomic E-state index is 13.3. The lowest BCUT2D eigenvalue weighted by atomic mass is 10.1. The second-order valence-corrected chi connectivity index (χ2v) is 8.24. The van der Waals surface area contributed by atoms with Gasteiger partial charge in [0.15, 0.2) is 0 Å². The molecule has 0 bridgehead atoms. The highest BCUT2D eigenvalue weighted by Gasteiger charge is 2.19. The van der Waals surface area contributed by atoms with Gasteiger partial charge < -0.3 is 4.90 Å². The summed E-state index contributed by atoms with van der Waals surface area (Å²) in [5.41, 5.74) is 3.56. The lowest BCUT2D eigenvalue weighted by Gasteiger charge is -2.22. The molecule has 30 heavy (non-hydrogen) atoms. The Morgan fingerprint density at radius 1 is 1.10 bits per heavy atom. The molecule has 0 saturated heterocycles. The molecule has 156 valence electrons. The number of hydrogen-bond acceptors (Lipinski definition) is 3. The molecule has 2 heterocycles. The summed E-state index contributed by atoms with van der Waals surface area (Å²) in [5.74, 6) is 0.829. The molecule has 1 aliphatic heterocycles. The average Bonchev–Trinajstić information content (AvgIpc) is 3.00. The summed E-state index contributed by atoms with van der Waals surface area (Å²) in [6.45, 7) is 6.13. The number of rotatable bonds is 5. The van der Waals surface area contributed by atoms with E-state index in [0.29, 0.717) is 29.6 Å². The minimum Gasteiger partial charge on any atom is -0.334 e. The number of fused-ring (bicyclic) bond motifs is 2. The summed E-state index contributed by atoms with van der Waals surface area (Å²) in [4.78, 5) is 32.9. The van der Waals surface area contributed by atoms with Crippen LogP contribution in [0.3, 0.4) is 0 Å². The number of nitrogens with zero attached hydrogens (tertiary/aromatic N) is 3. The van der Waals surface area contributed by atoms with Crippen LogP contribution in [0.1, 0.15) is 59.9 Å². The highest BCUT2D eigenvalue weighted by atomic mass is 16.2. The van der Waals surface area contributed by atoms with Crippen LogP contribution in [0.25, 0.3) is 10.9 Å². The van der Waals surface area contributed by atoms with E-state index in [1.807, 2.05) is 9.47 Å². The molecule has 3 aromatic rings. The topological polar surface area (TPSA) is 55.2 Å². The zero-order valence-corrected chi connectivity index (χ0v) is 17.9. The molecule has 0 fully saturated rings. The molecule has 4 rings (SSSR count). The van der Waals surface area contributed by atoms with Gasteiger partial charge in [-0.2, -0.15) is 0 Å². The molecule has 5 heteroatoms. The number of benzene rings is 2. The Labute approximate surface area is 177 Å². The van der Waals surface area contributed by atoms with Gasteiger partial charge in [-0.15, -0.1) is 0 Å². The Morgan fingerprint density at radius 3 is 2.67 bits per heavy atom. The monoisotopic (exact) mass is 403 g/mol. The summed E-state index contributed by atoms with van der Waals surface area (Å²) in [6.07, 6.45) is 4.89. The first-order valence-electron chi connectivity index (χ1n) is 10.9. The summed E-state index contributed by atoms with van der Waals surface area (Å²) in [7, 11) is 0. The van der Waals surface area contributed by atoms with E-state index < -0.39 is 0 Å². The quantitative estimate of drug-likeness (QED) is 0.631. The Bertz CT molecular complexity index is 1120. The van der Waals surface area contributed by atoms with Crippen molar-refractivity contribution in [2.45, 2.75) is 59.0 Å². The van der Waals surface area contributed by atoms with Crippen LogP contribution in [0, 0.1) is 6.92 Å². The van der Waals surface area contributed by atoms with Crippen LogP contribution in [0.4, 0.5) is 0 Å². The first-order chi connectivity index (χ1) is 14.6. The number of carbonyl (C=O) groups is 1. The number of carbonyl (C=O) groups excluding carboxylic acids is 1. The van der Waals surface area contributed by atoms with E-state index in [-0.39, 0.29) is 11.5 Å². The van der Waals surface area contributed by atoms with Gasteiger partial charge in [0.2, 0.25) is 0 Å². The molecule has 0 spiro atoms. The summed E-state index contributed by atoms with van der Waals surface area (Å²) >= 11 is 0. The summed E-state index contributed by atoms with van der Waals surface area (Å²) in [6, 6.07) is 13.6. The second kappa shape index (κ2) is 8.82. The van der Waals surface area contributed by atoms with Gasteiger partial charge >= 0.3 is 0 Å². The van der Waals surface area contributed by atoms with E-state index in [1.54, 1.807) is 18.2 Å². The number of aryl methyl sites for hydroxylation is 2. The highest BCUT2D eigenvalue weighted by Crippen LogP contribution is 2.18. The molecule has 1 amide bonds. The Kier molecular flexibility index (Phi) is 5.98. The van der Waals surface area contributed by atoms with Crippen LogP contribution in [0.2, 0.25) is 0 Å². The standard InChI is InChI=1S/C25H29N3O2/c1-3-14-27(17-19-10-8-18(2)9-11-19)24(29)20-12-13-21-22(16-20)26-23-7-5-4-6-15-28(23)25(21)30/h8-13,16H,3-7,14-15,17H2,1-2H3. The van der Waals surface area contributed by atoms with Crippen molar-refractivity contribution >= 4 is 16.8 Å². The van der Waals surface area contributed by atoms with Crippen LogP contribution < -0.4 is 5.56 Å². The first kappa shape index (κ1) is 20.3. The molecule has 1 aromatic heterocycles. The van der Waals surface area contributed by atoms with Gasteiger partial charge in [-0.3, -0.25) is 14.2 Å². The third-order valence-electron chi connectivity index (χ3n) is 5.84. The van der Waals surface area contributed by atoms with Crippen molar-refractivity contribution in [3.05, 3.63) is 75.3 Å². The fourth-order valence-electron chi connectivity index (χ4n) is 4.17. The van der Waals surface area contributed by atoms with Gasteiger partial charge in [-0.05, 0) is 49.9 Å². The minimum atomic E-state index is -0.0174. The zero-order chi connectivity index (χ0) is 21.1. The van der Waals surface area contributed by atoms with Crippen molar-refractivity contribution in [2.75, 3.05) is 6.54 Å². The van der Waals surface area contributed by atoms with Gasteiger partial charge in [0.25, 0.3) is 11.5 Å². The first-order valence-corrected chi connectivity index (χ1v) is 10.9. The minimum absolute atomic E-state index is 0.0148. The Morgan fingerprint density at radius 2 is 1.90 bits per heavy atom. The molecule has 0 unspecified atom stereocenters. The van der Waals surface area contributed by atoms with E-state index in [4.69, 9.17) is 4.98 Å². The lowest BCUT2D eigenvalue weighted by molar-refractivity contribution is 0.0743. The predicted molar refractivity (Wildman–Crippen MR) is 120 cm³/mol. The van der Waals surface area contributed by atoms with E-state index in [9.17, 15) is 9.59 Å². The van der Waals surface area contributed by atoms with Crippen molar-refractivity contribution < 1.29 is 4.79 Å². The fraction of sp³-hybridized carbons (Fsp3) is 0.400. The van der Waals surface area contributed by atoms with Crippen LogP contribution in [-0.4, -0.2) is 26.9 Å². The highest BCUT2D eigenvalue weighted by molar-refractivity contribution is 5.97. The van der Waals surface area contributed by atoms with Gasteiger partial charge in [-0.1, -0.05) is 43.2 Å². The van der Waals surface area contributed by atoms with E-state index in [0.717, 1.165) is 50.0 Å². The molecular formula is C25H29N3O2. The Balaban J connectivity index is 1.67. The van der Waals surface area contributed by atoms with Gasteiger partial charge in [0, 0.05) is 31.6 Å². The molecule has 0 atom stereocenters. The molecule has 0 radical (unpaired) electrons. The number of hydrogen-bond donors (Lipinski definition) is 0. The van der Waals surface area contributed by atoms with E-state index in [2.05, 4.69) is 38.1 Å². The van der Waals surface area contributed by atoms with E-state index in [1.165, 1.54) is 5.56 Å². The van der Waals surface area contributed by atoms with Crippen molar-refractivity contribution in [3.8, 4) is 0 Å². The molecule has 0 saturated carbocycles. The third kappa shape index (κ3) is 4.16. The smallest absolute Gasteiger partial charge is 0.261 e. The second-order valence-electron chi connectivity index (χ2n) is 8.24. The maximum absolute atomic E-state index is 13.3. The summed E-state index contributed by atoms with van der Waals surface area (Å²) in [5, 5.41) is 0.595. The Hall–Kier alpha value is -2.95. The van der Waals surface area contributed by atoms with Crippen LogP contribution in [-0.2, 0) is 19.5 Å². The van der Waals surface area contributed by atoms with Crippen LogP contribution in [0.5, 0.6) is 0 Å². The molecule has 0 N–H and O–H groups in total. The van der Waals surface area contributed by atoms with Crippen molar-refractivity contribution in [1.82, 2.24) is 14.5 Å². The van der Waals surface area contributed by atoms with Crippen LogP contribution in [0.15, 0.2) is 47.3 Å². The average molecular weight is 404 g/mol. The van der Waals surface area contributed by atoms with Crippen molar-refractivity contribution in [2.24, 2.45) is 0 Å². The van der Waals surface area contributed by atoms with Gasteiger partial charge in [0.05, 0.1) is 10.9 Å². The normalized spacial score (nSPS) is 13.7. The maximum Gasteiger partial charge on any atom is 0.261 e. The van der Waals surface area contributed by atoms with Crippen molar-refractivity contribution in [1.29, 1.82) is 0 Å². The molecule has 0 aliphatic carbocycles. The summed E-state index contributed by atoms with van der Waals surface area (Å²) < 4.78 is 1.82. The molecule has 1 aliphatic rings. The number of aromatic nitrogens is 2. The number of amides is 1.